The molecule has 6 aromatic rings. The predicted octanol–water partition coefficient (Wildman–Crippen LogP) is 7.68. The van der Waals surface area contributed by atoms with Crippen LogP contribution in [-0.2, 0) is 0 Å². The molecule has 180 valence electrons. The van der Waals surface area contributed by atoms with Crippen molar-refractivity contribution in [1.82, 2.24) is 20.0 Å². The maximum Gasteiger partial charge on any atom is 0.227 e. The van der Waals surface area contributed by atoms with Crippen LogP contribution in [-0.4, -0.2) is 20.0 Å². The lowest BCUT2D eigenvalue weighted by molar-refractivity contribution is 0.589. The molecule has 0 spiro atoms. The third-order valence-electron chi connectivity index (χ3n) is 6.26. The summed E-state index contributed by atoms with van der Waals surface area (Å²) in [5.41, 5.74) is 8.10. The van der Waals surface area contributed by atoms with E-state index >= 15 is 0 Å². The minimum atomic E-state index is -0.308. The molecule has 6 rings (SSSR count). The summed E-state index contributed by atoms with van der Waals surface area (Å²) in [6, 6.07) is 30.6. The van der Waals surface area contributed by atoms with Gasteiger partial charge in [-0.05, 0) is 50.2 Å². The van der Waals surface area contributed by atoms with Gasteiger partial charge in [-0.15, -0.1) is 5.10 Å². The van der Waals surface area contributed by atoms with Gasteiger partial charge in [0.15, 0.2) is 5.76 Å². The van der Waals surface area contributed by atoms with Gasteiger partial charge < -0.3 is 4.42 Å². The van der Waals surface area contributed by atoms with Crippen molar-refractivity contribution in [3.8, 4) is 51.0 Å². The molecule has 0 radical (unpaired) electrons. The maximum atomic E-state index is 13.6. The monoisotopic (exact) mass is 486 g/mol. The van der Waals surface area contributed by atoms with Gasteiger partial charge >= 0.3 is 0 Å². The fourth-order valence-electron chi connectivity index (χ4n) is 4.18. The lowest BCUT2D eigenvalue weighted by atomic mass is 10.0. The highest BCUT2D eigenvalue weighted by atomic mass is 19.1. The van der Waals surface area contributed by atoms with Crippen LogP contribution in [0.15, 0.2) is 108 Å². The Bertz CT molecular complexity index is 1620. The predicted molar refractivity (Wildman–Crippen MR) is 143 cm³/mol. The molecule has 6 heteroatoms. The summed E-state index contributed by atoms with van der Waals surface area (Å²) in [6.45, 7) is 4.13. The average Bonchev–Trinajstić information content (AvgIpc) is 3.58. The average molecular weight is 487 g/mol. The topological polar surface area (TPSA) is 56.7 Å². The second-order valence-corrected chi connectivity index (χ2v) is 9.03. The fourth-order valence-corrected chi connectivity index (χ4v) is 4.18. The number of benzene rings is 4. The summed E-state index contributed by atoms with van der Waals surface area (Å²) in [7, 11) is 0. The van der Waals surface area contributed by atoms with Gasteiger partial charge in [-0.25, -0.2) is 14.1 Å². The summed E-state index contributed by atoms with van der Waals surface area (Å²) in [4.78, 5) is 4.90. The zero-order chi connectivity index (χ0) is 25.4. The third kappa shape index (κ3) is 4.57. The summed E-state index contributed by atoms with van der Waals surface area (Å²) in [5.74, 6) is 0.966. The van der Waals surface area contributed by atoms with E-state index in [4.69, 9.17) is 9.40 Å². The van der Waals surface area contributed by atoms with Crippen molar-refractivity contribution in [1.29, 1.82) is 0 Å². The van der Waals surface area contributed by atoms with Crippen LogP contribution in [0.5, 0.6) is 0 Å². The first-order chi connectivity index (χ1) is 18.0. The molecule has 0 aliphatic carbocycles. The summed E-state index contributed by atoms with van der Waals surface area (Å²) >= 11 is 0. The second kappa shape index (κ2) is 9.32. The van der Waals surface area contributed by atoms with Gasteiger partial charge in [-0.2, -0.15) is 0 Å². The highest BCUT2D eigenvalue weighted by molar-refractivity contribution is 5.79. The Kier molecular flexibility index (Phi) is 5.69. The van der Waals surface area contributed by atoms with Crippen LogP contribution < -0.4 is 0 Å². The molecule has 37 heavy (non-hydrogen) atoms. The highest BCUT2D eigenvalue weighted by Gasteiger charge is 2.18. The normalized spacial score (nSPS) is 11.1. The van der Waals surface area contributed by atoms with E-state index in [1.165, 1.54) is 23.3 Å². The zero-order valence-corrected chi connectivity index (χ0v) is 20.4. The largest absolute Gasteiger partial charge is 0.435 e. The minimum absolute atomic E-state index is 0.308. The number of oxazole rings is 1. The molecule has 0 N–H and O–H groups in total. The second-order valence-electron chi connectivity index (χ2n) is 9.03. The molecule has 4 aromatic carbocycles. The zero-order valence-electron chi connectivity index (χ0n) is 20.4. The molecule has 0 amide bonds. The number of hydrogen-bond acceptors (Lipinski definition) is 4. The van der Waals surface area contributed by atoms with E-state index in [9.17, 15) is 4.39 Å². The van der Waals surface area contributed by atoms with E-state index < -0.39 is 0 Å². The van der Waals surface area contributed by atoms with Gasteiger partial charge in [0.05, 0.1) is 11.9 Å². The van der Waals surface area contributed by atoms with E-state index in [2.05, 4.69) is 72.7 Å². The Hall–Kier alpha value is -4.84. The Morgan fingerprint density at radius 1 is 0.703 bits per heavy atom. The fraction of sp³-hybridized carbons (Fsp3) is 0.0645. The van der Waals surface area contributed by atoms with Crippen LogP contribution in [0.4, 0.5) is 4.39 Å². The van der Waals surface area contributed by atoms with E-state index in [-0.39, 0.29) is 5.82 Å². The molecular weight excluding hydrogens is 463 g/mol. The molecule has 2 aromatic heterocycles. The third-order valence-corrected chi connectivity index (χ3v) is 6.26. The van der Waals surface area contributed by atoms with Crippen LogP contribution in [0.3, 0.4) is 0 Å². The number of nitrogens with zero attached hydrogens (tertiary/aromatic N) is 4. The number of aromatic nitrogens is 4. The van der Waals surface area contributed by atoms with Crippen molar-refractivity contribution in [3.05, 3.63) is 120 Å². The van der Waals surface area contributed by atoms with Gasteiger partial charge in [0.2, 0.25) is 5.89 Å². The van der Waals surface area contributed by atoms with Crippen molar-refractivity contribution >= 4 is 0 Å². The smallest absolute Gasteiger partial charge is 0.227 e. The van der Waals surface area contributed by atoms with Gasteiger partial charge in [-0.3, -0.25) is 0 Å². The molecular formula is C31H23FN4O. The first kappa shape index (κ1) is 22.6. The maximum absolute atomic E-state index is 13.6. The summed E-state index contributed by atoms with van der Waals surface area (Å²) in [6.07, 6.45) is 1.78. The number of rotatable bonds is 5. The van der Waals surface area contributed by atoms with E-state index in [0.29, 0.717) is 17.1 Å². The quantitative estimate of drug-likeness (QED) is 0.251. The molecule has 0 saturated carbocycles. The summed E-state index contributed by atoms with van der Waals surface area (Å²) < 4.78 is 21.6. The highest BCUT2D eigenvalue weighted by Crippen LogP contribution is 2.36. The molecule has 0 atom stereocenters. The van der Waals surface area contributed by atoms with Crippen molar-refractivity contribution in [2.45, 2.75) is 13.8 Å². The SMILES string of the molecule is Cc1ccc(-c2nc(-c3ccc(-n4cc(-c5cccc(F)c5)nn4)cc3)oc2-c2ccc(C)cc2)cc1. The number of halogens is 1. The molecule has 0 unspecified atom stereocenters. The van der Waals surface area contributed by atoms with Crippen LogP contribution in [0.2, 0.25) is 0 Å². The van der Waals surface area contributed by atoms with Crippen molar-refractivity contribution in [3.63, 3.8) is 0 Å². The number of aryl methyl sites for hydroxylation is 2. The van der Waals surface area contributed by atoms with Crippen molar-refractivity contribution < 1.29 is 8.81 Å². The van der Waals surface area contributed by atoms with Gasteiger partial charge in [0, 0.05) is 22.3 Å². The molecule has 0 aliphatic heterocycles. The van der Waals surface area contributed by atoms with Crippen molar-refractivity contribution in [2.24, 2.45) is 0 Å². The van der Waals surface area contributed by atoms with E-state index in [0.717, 1.165) is 33.8 Å². The number of hydrogen-bond donors (Lipinski definition) is 0. The standard InChI is InChI=1S/C31H23FN4O/c1-20-6-10-22(11-7-20)29-30(23-12-8-21(2)9-13-23)37-31(33-29)24-14-16-27(17-15-24)36-19-28(34-35-36)25-4-3-5-26(32)18-25/h3-19H,1-2H3. The van der Waals surface area contributed by atoms with Gasteiger partial charge in [-0.1, -0.05) is 77.0 Å². The molecule has 0 bridgehead atoms. The molecule has 2 heterocycles. The lowest BCUT2D eigenvalue weighted by Crippen LogP contribution is -1.94. The molecule has 5 nitrogen and oxygen atoms in total. The van der Waals surface area contributed by atoms with Crippen LogP contribution in [0.1, 0.15) is 11.1 Å². The van der Waals surface area contributed by atoms with Crippen LogP contribution >= 0.6 is 0 Å². The Labute approximate surface area is 213 Å². The molecule has 0 fully saturated rings. The first-order valence-corrected chi connectivity index (χ1v) is 12.0. The molecule has 0 saturated heterocycles. The lowest BCUT2D eigenvalue weighted by Gasteiger charge is -2.03. The Morgan fingerprint density at radius 2 is 1.35 bits per heavy atom. The van der Waals surface area contributed by atoms with Gasteiger partial charge in [0.1, 0.15) is 17.2 Å². The summed E-state index contributed by atoms with van der Waals surface area (Å²) in [5, 5.41) is 8.41. The molecule has 0 aliphatic rings. The van der Waals surface area contributed by atoms with Crippen LogP contribution in [0, 0.1) is 19.7 Å². The van der Waals surface area contributed by atoms with Gasteiger partial charge in [0.25, 0.3) is 0 Å². The van der Waals surface area contributed by atoms with E-state index in [1.807, 2.05) is 24.3 Å². The van der Waals surface area contributed by atoms with Crippen LogP contribution in [0.25, 0.3) is 51.0 Å². The Morgan fingerprint density at radius 3 is 2.03 bits per heavy atom. The Balaban J connectivity index is 1.35. The van der Waals surface area contributed by atoms with Crippen molar-refractivity contribution in [2.75, 3.05) is 0 Å². The minimum Gasteiger partial charge on any atom is -0.435 e. The van der Waals surface area contributed by atoms with E-state index in [1.54, 1.807) is 23.0 Å². The first-order valence-electron chi connectivity index (χ1n) is 12.0.